The molecule has 0 spiro atoms. The van der Waals surface area contributed by atoms with Crippen molar-refractivity contribution in [2.75, 3.05) is 18.4 Å². The summed E-state index contributed by atoms with van der Waals surface area (Å²) < 4.78 is 0. The molecular formula is C16H21N3O3. The van der Waals surface area contributed by atoms with Gasteiger partial charge in [0.15, 0.2) is 0 Å². The molecule has 1 aromatic rings. The lowest BCUT2D eigenvalue weighted by Crippen LogP contribution is -2.44. The van der Waals surface area contributed by atoms with Crippen molar-refractivity contribution in [3.8, 4) is 0 Å². The van der Waals surface area contributed by atoms with E-state index in [1.165, 1.54) is 24.0 Å². The Balaban J connectivity index is 1.65. The van der Waals surface area contributed by atoms with Crippen LogP contribution >= 0.6 is 0 Å². The van der Waals surface area contributed by atoms with Crippen molar-refractivity contribution in [1.29, 1.82) is 0 Å². The summed E-state index contributed by atoms with van der Waals surface area (Å²) >= 11 is 0. The van der Waals surface area contributed by atoms with Crippen LogP contribution in [0.15, 0.2) is 12.3 Å². The first-order valence-electron chi connectivity index (χ1n) is 7.90. The summed E-state index contributed by atoms with van der Waals surface area (Å²) in [6, 6.07) is 1.69. The maximum absolute atomic E-state index is 12.3. The predicted molar refractivity (Wildman–Crippen MR) is 81.8 cm³/mol. The molecule has 0 bridgehead atoms. The zero-order valence-corrected chi connectivity index (χ0v) is 12.5. The number of hydrogen-bond donors (Lipinski definition) is 2. The number of aryl methyl sites for hydroxylation is 2. The third-order valence-corrected chi connectivity index (χ3v) is 4.52. The highest BCUT2D eigenvalue weighted by atomic mass is 16.4. The van der Waals surface area contributed by atoms with Crippen molar-refractivity contribution in [1.82, 2.24) is 9.88 Å². The number of aliphatic carboxylic acids is 1. The first-order chi connectivity index (χ1) is 10.6. The van der Waals surface area contributed by atoms with E-state index in [1.54, 1.807) is 4.90 Å². The van der Waals surface area contributed by atoms with Gasteiger partial charge in [0.2, 0.25) is 0 Å². The normalized spacial score (nSPS) is 21.1. The average Bonchev–Trinajstić information content (AvgIpc) is 2.55. The topological polar surface area (TPSA) is 82.5 Å². The number of nitrogens with one attached hydrogen (secondary N) is 1. The summed E-state index contributed by atoms with van der Waals surface area (Å²) in [6.07, 6.45) is 7.68. The number of carboxylic acid groups (broad SMARTS) is 1. The summed E-state index contributed by atoms with van der Waals surface area (Å²) in [4.78, 5) is 29.2. The van der Waals surface area contributed by atoms with Crippen molar-refractivity contribution in [2.45, 2.75) is 38.5 Å². The van der Waals surface area contributed by atoms with E-state index in [4.69, 9.17) is 5.11 Å². The summed E-state index contributed by atoms with van der Waals surface area (Å²) in [5.41, 5.74) is 2.53. The van der Waals surface area contributed by atoms with E-state index < -0.39 is 11.9 Å². The Morgan fingerprint density at radius 1 is 1.23 bits per heavy atom. The lowest BCUT2D eigenvalue weighted by molar-refractivity contribution is -0.143. The van der Waals surface area contributed by atoms with Gasteiger partial charge < -0.3 is 10.0 Å². The standard InChI is InChI=1S/C16H21N3O3/c20-15(21)13-6-3-7-19(10-13)16(22)18-14-8-11-4-1-2-5-12(11)9-17-14/h8-9,13H,1-7,10H2,(H,20,21)(H,17,18,22). The van der Waals surface area contributed by atoms with E-state index in [1.807, 2.05) is 12.3 Å². The number of nitrogens with zero attached hydrogens (tertiary/aromatic N) is 2. The Hall–Kier alpha value is -2.11. The van der Waals surface area contributed by atoms with Crippen LogP contribution in [0.2, 0.25) is 0 Å². The zero-order chi connectivity index (χ0) is 15.5. The number of likely N-dealkylation sites (tertiary alicyclic amines) is 1. The van der Waals surface area contributed by atoms with E-state index in [9.17, 15) is 9.59 Å². The molecule has 0 saturated carbocycles. The number of amides is 2. The average molecular weight is 303 g/mol. The van der Waals surface area contributed by atoms with E-state index in [0.717, 1.165) is 19.3 Å². The number of carboxylic acids is 1. The Labute approximate surface area is 129 Å². The first kappa shape index (κ1) is 14.8. The highest BCUT2D eigenvalue weighted by molar-refractivity contribution is 5.89. The minimum Gasteiger partial charge on any atom is -0.481 e. The van der Waals surface area contributed by atoms with Gasteiger partial charge in [-0.2, -0.15) is 0 Å². The molecule has 1 fully saturated rings. The Morgan fingerprint density at radius 3 is 2.77 bits per heavy atom. The number of carbonyl (C=O) groups is 2. The van der Waals surface area contributed by atoms with Crippen LogP contribution in [0.3, 0.4) is 0 Å². The highest BCUT2D eigenvalue weighted by Gasteiger charge is 2.28. The van der Waals surface area contributed by atoms with Gasteiger partial charge in [0.1, 0.15) is 5.82 Å². The van der Waals surface area contributed by atoms with E-state index in [2.05, 4.69) is 10.3 Å². The van der Waals surface area contributed by atoms with Crippen LogP contribution < -0.4 is 5.32 Å². The zero-order valence-electron chi connectivity index (χ0n) is 12.5. The predicted octanol–water partition coefficient (Wildman–Crippen LogP) is 2.29. The van der Waals surface area contributed by atoms with Gasteiger partial charge in [-0.1, -0.05) is 0 Å². The Morgan fingerprint density at radius 2 is 2.00 bits per heavy atom. The molecule has 22 heavy (non-hydrogen) atoms. The van der Waals surface area contributed by atoms with Gasteiger partial charge in [-0.05, 0) is 55.7 Å². The van der Waals surface area contributed by atoms with Crippen LogP contribution in [-0.2, 0) is 17.6 Å². The fourth-order valence-electron chi connectivity index (χ4n) is 3.23. The molecule has 6 nitrogen and oxygen atoms in total. The van der Waals surface area contributed by atoms with Gasteiger partial charge in [0, 0.05) is 19.3 Å². The molecule has 2 N–H and O–H groups in total. The molecule has 1 aromatic heterocycles. The Bertz CT molecular complexity index is 588. The fraction of sp³-hybridized carbons (Fsp3) is 0.562. The second kappa shape index (κ2) is 6.34. The molecule has 0 radical (unpaired) electrons. The summed E-state index contributed by atoms with van der Waals surface area (Å²) in [7, 11) is 0. The van der Waals surface area contributed by atoms with Crippen molar-refractivity contribution >= 4 is 17.8 Å². The highest BCUT2D eigenvalue weighted by Crippen LogP contribution is 2.23. The molecule has 0 aromatic carbocycles. The lowest BCUT2D eigenvalue weighted by Gasteiger charge is -2.30. The second-order valence-corrected chi connectivity index (χ2v) is 6.10. The number of rotatable bonds is 2. The number of aromatic nitrogens is 1. The number of carbonyl (C=O) groups excluding carboxylic acids is 1. The molecule has 118 valence electrons. The quantitative estimate of drug-likeness (QED) is 0.878. The molecule has 1 unspecified atom stereocenters. The number of hydrogen-bond acceptors (Lipinski definition) is 3. The lowest BCUT2D eigenvalue weighted by atomic mass is 9.93. The number of fused-ring (bicyclic) bond motifs is 1. The Kier molecular flexibility index (Phi) is 4.27. The molecular weight excluding hydrogens is 282 g/mol. The third kappa shape index (κ3) is 3.21. The van der Waals surface area contributed by atoms with Crippen LogP contribution in [0, 0.1) is 5.92 Å². The maximum atomic E-state index is 12.3. The van der Waals surface area contributed by atoms with Crippen LogP contribution in [0.4, 0.5) is 10.6 Å². The van der Waals surface area contributed by atoms with Gasteiger partial charge in [-0.25, -0.2) is 9.78 Å². The first-order valence-corrected chi connectivity index (χ1v) is 7.90. The number of anilines is 1. The van der Waals surface area contributed by atoms with E-state index in [0.29, 0.717) is 18.8 Å². The largest absolute Gasteiger partial charge is 0.481 e. The number of urea groups is 1. The van der Waals surface area contributed by atoms with Crippen molar-refractivity contribution in [2.24, 2.45) is 5.92 Å². The van der Waals surface area contributed by atoms with Gasteiger partial charge in [0.25, 0.3) is 0 Å². The van der Waals surface area contributed by atoms with Crippen molar-refractivity contribution < 1.29 is 14.7 Å². The molecule has 1 saturated heterocycles. The molecule has 1 atom stereocenters. The second-order valence-electron chi connectivity index (χ2n) is 6.10. The molecule has 6 heteroatoms. The SMILES string of the molecule is O=C(O)C1CCCN(C(=O)Nc2cc3c(cn2)CCCC3)C1. The van der Waals surface area contributed by atoms with Crippen LogP contribution in [-0.4, -0.2) is 40.1 Å². The fourth-order valence-corrected chi connectivity index (χ4v) is 3.23. The minimum atomic E-state index is -0.829. The summed E-state index contributed by atoms with van der Waals surface area (Å²) in [6.45, 7) is 0.868. The maximum Gasteiger partial charge on any atom is 0.323 e. The van der Waals surface area contributed by atoms with Crippen molar-refractivity contribution in [3.05, 3.63) is 23.4 Å². The number of pyridine rings is 1. The van der Waals surface area contributed by atoms with Gasteiger partial charge in [-0.3, -0.25) is 10.1 Å². The monoisotopic (exact) mass is 303 g/mol. The van der Waals surface area contributed by atoms with Gasteiger partial charge in [0.05, 0.1) is 5.92 Å². The molecule has 1 aliphatic carbocycles. The molecule has 2 heterocycles. The van der Waals surface area contributed by atoms with Crippen molar-refractivity contribution in [3.63, 3.8) is 0 Å². The van der Waals surface area contributed by atoms with E-state index >= 15 is 0 Å². The van der Waals surface area contributed by atoms with Crippen LogP contribution in [0.1, 0.15) is 36.8 Å². The minimum absolute atomic E-state index is 0.255. The van der Waals surface area contributed by atoms with E-state index in [-0.39, 0.29) is 12.6 Å². The van der Waals surface area contributed by atoms with Crippen LogP contribution in [0.25, 0.3) is 0 Å². The number of piperidine rings is 1. The van der Waals surface area contributed by atoms with Gasteiger partial charge in [-0.15, -0.1) is 0 Å². The smallest absolute Gasteiger partial charge is 0.323 e. The molecule has 1 aliphatic heterocycles. The summed E-state index contributed by atoms with van der Waals surface area (Å²) in [5, 5.41) is 11.9. The summed E-state index contributed by atoms with van der Waals surface area (Å²) in [5.74, 6) is -0.733. The molecule has 3 rings (SSSR count). The third-order valence-electron chi connectivity index (χ3n) is 4.52. The van der Waals surface area contributed by atoms with Gasteiger partial charge >= 0.3 is 12.0 Å². The van der Waals surface area contributed by atoms with Crippen LogP contribution in [0.5, 0.6) is 0 Å². The molecule has 2 aliphatic rings. The molecule has 2 amide bonds.